The van der Waals surface area contributed by atoms with Crippen LogP contribution in [0.25, 0.3) is 0 Å². The maximum atomic E-state index is 13.4. The molecule has 6 heteroatoms. The van der Waals surface area contributed by atoms with E-state index < -0.39 is 0 Å². The van der Waals surface area contributed by atoms with E-state index in [0.717, 1.165) is 31.5 Å². The van der Waals surface area contributed by atoms with Crippen molar-refractivity contribution in [1.29, 1.82) is 0 Å². The fraction of sp³-hybridized carbons (Fsp3) is 0.611. The summed E-state index contributed by atoms with van der Waals surface area (Å²) in [6.45, 7) is 8.50. The first-order valence-corrected chi connectivity index (χ1v) is 9.31. The van der Waals surface area contributed by atoms with Gasteiger partial charge >= 0.3 is 0 Å². The molecule has 0 heterocycles. The molecule has 136 valence electrons. The third kappa shape index (κ3) is 8.64. The van der Waals surface area contributed by atoms with Crippen molar-refractivity contribution in [3.8, 4) is 0 Å². The number of hydrogen-bond donors (Lipinski definition) is 3. The third-order valence-corrected chi connectivity index (χ3v) is 4.04. The molecule has 0 saturated carbocycles. The van der Waals surface area contributed by atoms with Gasteiger partial charge < -0.3 is 15.7 Å². The van der Waals surface area contributed by atoms with Crippen LogP contribution in [0.3, 0.4) is 0 Å². The molecule has 3 N–H and O–H groups in total. The molecule has 1 aromatic rings. The van der Waals surface area contributed by atoms with E-state index in [2.05, 4.69) is 45.4 Å². The van der Waals surface area contributed by atoms with Gasteiger partial charge in [-0.05, 0) is 55.4 Å². The van der Waals surface area contributed by atoms with Crippen LogP contribution in [-0.4, -0.2) is 30.8 Å². The van der Waals surface area contributed by atoms with Gasteiger partial charge in [0.2, 0.25) is 0 Å². The van der Waals surface area contributed by atoms with Gasteiger partial charge in [-0.2, -0.15) is 0 Å². The predicted molar refractivity (Wildman–Crippen MR) is 102 cm³/mol. The number of halogens is 2. The molecular formula is C18H29BrFN3O. The molecule has 1 rings (SSSR count). The molecule has 0 saturated heterocycles. The maximum absolute atomic E-state index is 13.4. The number of hydrogen-bond acceptors (Lipinski definition) is 2. The molecule has 24 heavy (non-hydrogen) atoms. The van der Waals surface area contributed by atoms with Crippen LogP contribution in [0.15, 0.2) is 27.7 Å². The molecule has 1 atom stereocenters. The molecule has 0 spiro atoms. The molecule has 0 aliphatic rings. The molecule has 0 fully saturated rings. The van der Waals surface area contributed by atoms with Crippen LogP contribution in [0.2, 0.25) is 0 Å². The topological polar surface area (TPSA) is 56.7 Å². The fourth-order valence-corrected chi connectivity index (χ4v) is 3.12. The Bertz CT molecular complexity index is 503. The van der Waals surface area contributed by atoms with Crippen molar-refractivity contribution in [1.82, 2.24) is 10.6 Å². The van der Waals surface area contributed by atoms with Gasteiger partial charge in [-0.25, -0.2) is 9.38 Å². The zero-order valence-corrected chi connectivity index (χ0v) is 16.4. The van der Waals surface area contributed by atoms with Gasteiger partial charge in [0, 0.05) is 24.2 Å². The Kier molecular flexibility index (Phi) is 9.95. The highest BCUT2D eigenvalue weighted by Crippen LogP contribution is 2.16. The summed E-state index contributed by atoms with van der Waals surface area (Å²) in [7, 11) is 0. The highest BCUT2D eigenvalue weighted by molar-refractivity contribution is 9.10. The minimum absolute atomic E-state index is 0.198. The van der Waals surface area contributed by atoms with Crippen molar-refractivity contribution in [3.63, 3.8) is 0 Å². The Morgan fingerprint density at radius 3 is 2.62 bits per heavy atom. The average molecular weight is 402 g/mol. The summed E-state index contributed by atoms with van der Waals surface area (Å²) < 4.78 is 14.1. The van der Waals surface area contributed by atoms with Crippen LogP contribution < -0.4 is 10.6 Å². The van der Waals surface area contributed by atoms with E-state index in [1.54, 1.807) is 0 Å². The monoisotopic (exact) mass is 401 g/mol. The Morgan fingerprint density at radius 1 is 1.29 bits per heavy atom. The molecular weight excluding hydrogens is 373 g/mol. The number of rotatable bonds is 9. The minimum Gasteiger partial charge on any atom is -0.396 e. The summed E-state index contributed by atoms with van der Waals surface area (Å²) >= 11 is 3.30. The van der Waals surface area contributed by atoms with Gasteiger partial charge in [-0.1, -0.05) is 29.8 Å². The minimum atomic E-state index is -0.271. The lowest BCUT2D eigenvalue weighted by atomic mass is 9.94. The first-order chi connectivity index (χ1) is 11.4. The summed E-state index contributed by atoms with van der Waals surface area (Å²) in [4.78, 5) is 4.52. The van der Waals surface area contributed by atoms with Crippen LogP contribution in [0.1, 0.15) is 39.2 Å². The lowest BCUT2D eigenvalue weighted by Crippen LogP contribution is -2.40. The zero-order valence-electron chi connectivity index (χ0n) is 14.8. The summed E-state index contributed by atoms with van der Waals surface area (Å²) in [5, 5.41) is 15.7. The van der Waals surface area contributed by atoms with Gasteiger partial charge in [0.1, 0.15) is 5.82 Å². The number of nitrogens with zero attached hydrogens (tertiary/aromatic N) is 1. The molecule has 1 unspecified atom stereocenters. The van der Waals surface area contributed by atoms with Crippen molar-refractivity contribution in [2.75, 3.05) is 19.7 Å². The van der Waals surface area contributed by atoms with Crippen LogP contribution in [0.4, 0.5) is 4.39 Å². The van der Waals surface area contributed by atoms with Crippen LogP contribution in [-0.2, 0) is 6.54 Å². The second-order valence-corrected chi connectivity index (χ2v) is 7.28. The Labute approximate surface area is 153 Å². The van der Waals surface area contributed by atoms with E-state index in [4.69, 9.17) is 0 Å². The second-order valence-electron chi connectivity index (χ2n) is 6.36. The first-order valence-electron chi connectivity index (χ1n) is 8.52. The molecule has 0 radical (unpaired) electrons. The maximum Gasteiger partial charge on any atom is 0.191 e. The van der Waals surface area contributed by atoms with Gasteiger partial charge in [-0.3, -0.25) is 0 Å². The van der Waals surface area contributed by atoms with Gasteiger partial charge in [0.15, 0.2) is 5.96 Å². The average Bonchev–Trinajstić information content (AvgIpc) is 2.48. The van der Waals surface area contributed by atoms with E-state index in [0.29, 0.717) is 28.8 Å². The van der Waals surface area contributed by atoms with Crippen LogP contribution in [0, 0.1) is 17.7 Å². The second kappa shape index (κ2) is 11.4. The quantitative estimate of drug-likeness (QED) is 0.436. The molecule has 1 aromatic carbocycles. The summed E-state index contributed by atoms with van der Waals surface area (Å²) in [6, 6.07) is 4.79. The van der Waals surface area contributed by atoms with E-state index in [1.165, 1.54) is 12.1 Å². The number of nitrogens with one attached hydrogen (secondary N) is 2. The fourth-order valence-electron chi connectivity index (χ4n) is 2.61. The molecule has 0 bridgehead atoms. The third-order valence-electron chi connectivity index (χ3n) is 3.59. The van der Waals surface area contributed by atoms with Crippen molar-refractivity contribution in [2.24, 2.45) is 16.8 Å². The van der Waals surface area contributed by atoms with E-state index >= 15 is 0 Å². The molecule has 0 aromatic heterocycles. The van der Waals surface area contributed by atoms with Crippen molar-refractivity contribution >= 4 is 21.9 Å². The lowest BCUT2D eigenvalue weighted by molar-refractivity contribution is 0.243. The summed E-state index contributed by atoms with van der Waals surface area (Å²) in [5.74, 6) is 1.44. The molecule has 4 nitrogen and oxygen atoms in total. The Morgan fingerprint density at radius 2 is 2.04 bits per heavy atom. The predicted octanol–water partition coefficient (Wildman–Crippen LogP) is 3.69. The van der Waals surface area contributed by atoms with Gasteiger partial charge in [0.25, 0.3) is 0 Å². The molecule has 0 aliphatic heterocycles. The van der Waals surface area contributed by atoms with Crippen molar-refractivity contribution in [3.05, 3.63) is 34.1 Å². The van der Waals surface area contributed by atoms with E-state index in [-0.39, 0.29) is 12.4 Å². The first kappa shape index (κ1) is 20.9. The van der Waals surface area contributed by atoms with E-state index in [9.17, 15) is 9.50 Å². The summed E-state index contributed by atoms with van der Waals surface area (Å²) in [6.07, 6.45) is 1.84. The normalized spacial score (nSPS) is 13.2. The highest BCUT2D eigenvalue weighted by Gasteiger charge is 2.11. The number of aliphatic hydroxyl groups is 1. The highest BCUT2D eigenvalue weighted by atomic mass is 79.9. The molecule has 0 amide bonds. The number of aliphatic imine (C=N–C) groups is 1. The smallest absolute Gasteiger partial charge is 0.191 e. The number of guanidine groups is 1. The molecule has 0 aliphatic carbocycles. The number of aliphatic hydroxyl groups excluding tert-OH is 1. The Hall–Kier alpha value is -1.14. The van der Waals surface area contributed by atoms with Crippen LogP contribution in [0.5, 0.6) is 0 Å². The van der Waals surface area contributed by atoms with Crippen molar-refractivity contribution < 1.29 is 9.50 Å². The number of benzene rings is 1. The Balaban J connectivity index is 2.67. The zero-order chi connectivity index (χ0) is 17.9. The SMILES string of the molecule is CCNC(=NCc1cc(F)cc(Br)c1)NCC(CCO)CC(C)C. The lowest BCUT2D eigenvalue weighted by Gasteiger charge is -2.20. The summed E-state index contributed by atoms with van der Waals surface area (Å²) in [5.41, 5.74) is 0.813. The van der Waals surface area contributed by atoms with Gasteiger partial charge in [0.05, 0.1) is 6.54 Å². The van der Waals surface area contributed by atoms with Crippen molar-refractivity contribution in [2.45, 2.75) is 40.2 Å². The van der Waals surface area contributed by atoms with Crippen LogP contribution >= 0.6 is 15.9 Å². The standard InChI is InChI=1S/C18H29BrFN3O/c1-4-21-18(22-11-14(5-6-24)7-13(2)3)23-12-15-8-16(19)10-17(20)9-15/h8-10,13-14,24H,4-7,11-12H2,1-3H3,(H2,21,22,23). The van der Waals surface area contributed by atoms with Gasteiger partial charge in [-0.15, -0.1) is 0 Å². The van der Waals surface area contributed by atoms with E-state index in [1.807, 2.05) is 13.0 Å². The largest absolute Gasteiger partial charge is 0.396 e.